The van der Waals surface area contributed by atoms with Gasteiger partial charge in [-0.05, 0) is 112 Å². The molecule has 2 aliphatic rings. The lowest BCUT2D eigenvalue weighted by Crippen LogP contribution is -2.37. The molecule has 1 aromatic heterocycles. The standard InChI is InChI=1S/C29H43N3/c1-6-7-25(16-20(2)3)29-28(21(4)5)26-17-24(8-9-27(26)31-29)23-11-14-32(15-12-23)19-22-10-13-30-18-22/h7-9,16-17,21-23,30-31H,6,10-15,18-19H2,1-5H3/b25-7+. The highest BCUT2D eigenvalue weighted by atomic mass is 15.1. The van der Waals surface area contributed by atoms with E-state index in [0.717, 1.165) is 12.3 Å². The first-order chi connectivity index (χ1) is 15.5. The third-order valence-electron chi connectivity index (χ3n) is 7.33. The number of hydrogen-bond donors (Lipinski definition) is 2. The summed E-state index contributed by atoms with van der Waals surface area (Å²) in [7, 11) is 0. The van der Waals surface area contributed by atoms with E-state index in [0.29, 0.717) is 11.8 Å². The molecule has 0 aliphatic carbocycles. The molecule has 1 atom stereocenters. The fraction of sp³-hybridized carbons (Fsp3) is 0.586. The van der Waals surface area contributed by atoms with Crippen LogP contribution in [0.2, 0.25) is 0 Å². The van der Waals surface area contributed by atoms with Crippen LogP contribution in [0.1, 0.15) is 89.0 Å². The van der Waals surface area contributed by atoms with Crippen LogP contribution in [-0.4, -0.2) is 42.6 Å². The van der Waals surface area contributed by atoms with Crippen LogP contribution >= 0.6 is 0 Å². The van der Waals surface area contributed by atoms with Gasteiger partial charge in [0.1, 0.15) is 0 Å². The molecule has 0 bridgehead atoms. The molecule has 2 aliphatic heterocycles. The van der Waals surface area contributed by atoms with Gasteiger partial charge in [0, 0.05) is 23.1 Å². The lowest BCUT2D eigenvalue weighted by molar-refractivity contribution is 0.187. The van der Waals surface area contributed by atoms with Gasteiger partial charge in [-0.2, -0.15) is 0 Å². The van der Waals surface area contributed by atoms with E-state index < -0.39 is 0 Å². The van der Waals surface area contributed by atoms with Gasteiger partial charge in [0.15, 0.2) is 0 Å². The van der Waals surface area contributed by atoms with Gasteiger partial charge in [-0.3, -0.25) is 0 Å². The van der Waals surface area contributed by atoms with Gasteiger partial charge >= 0.3 is 0 Å². The first kappa shape index (κ1) is 23.3. The van der Waals surface area contributed by atoms with Crippen LogP contribution in [0.15, 0.2) is 35.9 Å². The summed E-state index contributed by atoms with van der Waals surface area (Å²) in [6.45, 7) is 17.5. The van der Waals surface area contributed by atoms with Crippen molar-refractivity contribution in [3.8, 4) is 0 Å². The van der Waals surface area contributed by atoms with E-state index in [9.17, 15) is 0 Å². The lowest BCUT2D eigenvalue weighted by Gasteiger charge is -2.33. The Labute approximate surface area is 195 Å². The van der Waals surface area contributed by atoms with Crippen LogP contribution in [0.25, 0.3) is 16.5 Å². The topological polar surface area (TPSA) is 31.1 Å². The molecule has 174 valence electrons. The monoisotopic (exact) mass is 433 g/mol. The molecule has 2 fully saturated rings. The van der Waals surface area contributed by atoms with Crippen molar-refractivity contribution in [2.75, 3.05) is 32.7 Å². The number of allylic oxidation sites excluding steroid dienone is 4. The van der Waals surface area contributed by atoms with Crippen molar-refractivity contribution in [1.82, 2.24) is 15.2 Å². The first-order valence-corrected chi connectivity index (χ1v) is 12.9. The molecule has 3 heteroatoms. The molecule has 0 amide bonds. The van der Waals surface area contributed by atoms with E-state index in [1.807, 2.05) is 0 Å². The molecule has 1 aromatic carbocycles. The van der Waals surface area contributed by atoms with E-state index in [-0.39, 0.29) is 0 Å². The van der Waals surface area contributed by atoms with Crippen molar-refractivity contribution in [2.24, 2.45) is 5.92 Å². The Hall–Kier alpha value is -1.84. The Morgan fingerprint density at radius 2 is 1.94 bits per heavy atom. The maximum atomic E-state index is 3.79. The maximum Gasteiger partial charge on any atom is 0.0496 e. The summed E-state index contributed by atoms with van der Waals surface area (Å²) in [6, 6.07) is 7.23. The van der Waals surface area contributed by atoms with Crippen molar-refractivity contribution >= 4 is 16.5 Å². The second kappa shape index (κ2) is 10.4. The molecule has 32 heavy (non-hydrogen) atoms. The molecule has 4 rings (SSSR count). The average molecular weight is 434 g/mol. The fourth-order valence-electron chi connectivity index (χ4n) is 5.76. The van der Waals surface area contributed by atoms with Crippen molar-refractivity contribution in [3.05, 3.63) is 52.7 Å². The van der Waals surface area contributed by atoms with Gasteiger partial charge in [-0.25, -0.2) is 0 Å². The summed E-state index contributed by atoms with van der Waals surface area (Å²) < 4.78 is 0. The number of fused-ring (bicyclic) bond motifs is 1. The predicted octanol–water partition coefficient (Wildman–Crippen LogP) is 6.84. The number of aromatic nitrogens is 1. The summed E-state index contributed by atoms with van der Waals surface area (Å²) in [5, 5.41) is 4.95. The number of benzene rings is 1. The van der Waals surface area contributed by atoms with Crippen LogP contribution in [0.3, 0.4) is 0 Å². The van der Waals surface area contributed by atoms with Gasteiger partial charge in [-0.1, -0.05) is 44.6 Å². The summed E-state index contributed by atoms with van der Waals surface area (Å²) >= 11 is 0. The van der Waals surface area contributed by atoms with Crippen LogP contribution < -0.4 is 5.32 Å². The Kier molecular flexibility index (Phi) is 7.58. The van der Waals surface area contributed by atoms with E-state index >= 15 is 0 Å². The van der Waals surface area contributed by atoms with E-state index in [2.05, 4.69) is 80.2 Å². The van der Waals surface area contributed by atoms with Crippen molar-refractivity contribution < 1.29 is 0 Å². The van der Waals surface area contributed by atoms with E-state index in [1.54, 1.807) is 0 Å². The number of H-pyrrole nitrogens is 1. The number of hydrogen-bond acceptors (Lipinski definition) is 2. The second-order valence-corrected chi connectivity index (χ2v) is 10.6. The Morgan fingerprint density at radius 3 is 2.56 bits per heavy atom. The molecular formula is C29H43N3. The van der Waals surface area contributed by atoms with Crippen molar-refractivity contribution in [2.45, 2.75) is 72.1 Å². The van der Waals surface area contributed by atoms with Crippen LogP contribution in [-0.2, 0) is 0 Å². The molecule has 2 N–H and O–H groups in total. The summed E-state index contributed by atoms with van der Waals surface area (Å²) in [4.78, 5) is 6.50. The zero-order chi connectivity index (χ0) is 22.7. The summed E-state index contributed by atoms with van der Waals surface area (Å²) in [5.74, 6) is 2.04. The van der Waals surface area contributed by atoms with Crippen molar-refractivity contribution in [1.29, 1.82) is 0 Å². The molecular weight excluding hydrogens is 390 g/mol. The number of aromatic amines is 1. The minimum atomic E-state index is 0.488. The third kappa shape index (κ3) is 5.21. The van der Waals surface area contributed by atoms with Crippen LogP contribution in [0, 0.1) is 5.92 Å². The molecule has 0 saturated carbocycles. The smallest absolute Gasteiger partial charge is 0.0496 e. The van der Waals surface area contributed by atoms with Gasteiger partial charge in [0.25, 0.3) is 0 Å². The molecule has 2 aromatic rings. The Balaban J connectivity index is 1.58. The van der Waals surface area contributed by atoms with Gasteiger partial charge in [0.2, 0.25) is 0 Å². The molecule has 2 saturated heterocycles. The minimum Gasteiger partial charge on any atom is -0.354 e. The van der Waals surface area contributed by atoms with Gasteiger partial charge in [-0.15, -0.1) is 0 Å². The molecule has 0 radical (unpaired) electrons. The third-order valence-corrected chi connectivity index (χ3v) is 7.33. The van der Waals surface area contributed by atoms with Gasteiger partial charge in [0.05, 0.1) is 0 Å². The molecule has 3 heterocycles. The summed E-state index contributed by atoms with van der Waals surface area (Å²) in [5.41, 5.74) is 8.29. The number of piperidine rings is 1. The zero-order valence-electron chi connectivity index (χ0n) is 20.9. The quantitative estimate of drug-likeness (QED) is 0.468. The maximum absolute atomic E-state index is 3.79. The SMILES string of the molecule is CC/C=C(\C=C(C)C)c1[nH]c2ccc(C3CCN(CC4CCNC4)CC3)cc2c1C(C)C. The first-order valence-electron chi connectivity index (χ1n) is 12.9. The lowest BCUT2D eigenvalue weighted by atomic mass is 9.87. The van der Waals surface area contributed by atoms with Crippen LogP contribution in [0.4, 0.5) is 0 Å². The molecule has 1 unspecified atom stereocenters. The Morgan fingerprint density at radius 1 is 1.16 bits per heavy atom. The second-order valence-electron chi connectivity index (χ2n) is 10.6. The number of rotatable bonds is 7. The van der Waals surface area contributed by atoms with Gasteiger partial charge < -0.3 is 15.2 Å². The van der Waals surface area contributed by atoms with Crippen LogP contribution in [0.5, 0.6) is 0 Å². The minimum absolute atomic E-state index is 0.488. The average Bonchev–Trinajstić information content (AvgIpc) is 3.40. The zero-order valence-corrected chi connectivity index (χ0v) is 20.9. The number of nitrogens with zero attached hydrogens (tertiary/aromatic N) is 1. The largest absolute Gasteiger partial charge is 0.354 e. The highest BCUT2D eigenvalue weighted by Crippen LogP contribution is 2.37. The van der Waals surface area contributed by atoms with E-state index in [1.165, 1.54) is 90.9 Å². The van der Waals surface area contributed by atoms with Crippen molar-refractivity contribution in [3.63, 3.8) is 0 Å². The summed E-state index contributed by atoms with van der Waals surface area (Å²) in [6.07, 6.45) is 9.67. The number of likely N-dealkylation sites (tertiary alicyclic amines) is 1. The highest BCUT2D eigenvalue weighted by molar-refractivity contribution is 5.92. The predicted molar refractivity (Wildman–Crippen MR) is 139 cm³/mol. The Bertz CT molecular complexity index is 960. The fourth-order valence-corrected chi connectivity index (χ4v) is 5.76. The molecule has 3 nitrogen and oxygen atoms in total. The van der Waals surface area contributed by atoms with E-state index in [4.69, 9.17) is 0 Å². The normalized spacial score (nSPS) is 21.1. The highest BCUT2D eigenvalue weighted by Gasteiger charge is 2.25. The number of nitrogens with one attached hydrogen (secondary N) is 2. The molecule has 0 spiro atoms.